The summed E-state index contributed by atoms with van der Waals surface area (Å²) in [5.41, 5.74) is -1.10. The van der Waals surface area contributed by atoms with Crippen LogP contribution < -0.4 is 11.1 Å². The molecule has 7 rings (SSSR count). The number of hydrogen-bond donors (Lipinski definition) is 3. The van der Waals surface area contributed by atoms with Gasteiger partial charge in [-0.05, 0) is 54.8 Å². The second-order valence-electron chi connectivity index (χ2n) is 18.2. The van der Waals surface area contributed by atoms with Crippen molar-refractivity contribution < 1.29 is 71.8 Å². The number of amides is 1. The van der Waals surface area contributed by atoms with Gasteiger partial charge in [-0.25, -0.2) is 9.59 Å². The first kappa shape index (κ1) is 48.7. The lowest BCUT2D eigenvalue weighted by Gasteiger charge is -2.67. The van der Waals surface area contributed by atoms with E-state index in [0.717, 1.165) is 6.92 Å². The van der Waals surface area contributed by atoms with Crippen molar-refractivity contribution in [1.82, 2.24) is 5.32 Å². The summed E-state index contributed by atoms with van der Waals surface area (Å²) in [6, 6.07) is 22.9. The second kappa shape index (κ2) is 18.8. The molecule has 2 saturated carbocycles. The van der Waals surface area contributed by atoms with Crippen molar-refractivity contribution in [2.45, 2.75) is 108 Å². The first-order chi connectivity index (χ1) is 31.7. The van der Waals surface area contributed by atoms with Crippen LogP contribution in [-0.2, 0) is 57.1 Å². The van der Waals surface area contributed by atoms with Crippen LogP contribution in [0.3, 0.4) is 0 Å². The maximum Gasteiger partial charge on any atom is 0.350 e. The van der Waals surface area contributed by atoms with Crippen LogP contribution in [0.15, 0.2) is 102 Å². The fraction of sp³-hybridized carbons (Fsp3) is 0.460. The molecule has 11 atom stereocenters. The van der Waals surface area contributed by atoms with Crippen LogP contribution in [-0.4, -0.2) is 115 Å². The predicted octanol–water partition coefficient (Wildman–Crippen LogP) is 3.90. The van der Waals surface area contributed by atoms with Gasteiger partial charge >= 0.3 is 29.8 Å². The lowest BCUT2D eigenvalue weighted by atomic mass is 9.44. The van der Waals surface area contributed by atoms with E-state index in [1.54, 1.807) is 107 Å². The highest BCUT2D eigenvalue weighted by molar-refractivity contribution is 5.96. The Labute approximate surface area is 387 Å². The lowest BCUT2D eigenvalue weighted by molar-refractivity contribution is -0.347. The average Bonchev–Trinajstić information content (AvgIpc) is 3.30. The molecule has 0 aromatic heterocycles. The molecule has 3 fully saturated rings. The summed E-state index contributed by atoms with van der Waals surface area (Å²) in [5, 5.41) is 16.7. The molecular weight excluding hydrogens is 869 g/mol. The van der Waals surface area contributed by atoms with Crippen LogP contribution in [0.4, 0.5) is 0 Å². The number of ketones is 1. The zero-order chi connectivity index (χ0) is 48.6. The predicted molar refractivity (Wildman–Crippen MR) is 235 cm³/mol. The zero-order valence-electron chi connectivity index (χ0n) is 38.3. The Morgan fingerprint density at radius 2 is 1.45 bits per heavy atom. The number of carbonyl (C=O) groups excluding carboxylic acids is 7. The molecule has 3 aromatic carbocycles. The first-order valence-corrected chi connectivity index (χ1v) is 22.0. The molecule has 1 heterocycles. The Balaban J connectivity index is 1.43. The van der Waals surface area contributed by atoms with E-state index in [1.165, 1.54) is 26.2 Å². The summed E-state index contributed by atoms with van der Waals surface area (Å²) < 4.78 is 42.8. The highest BCUT2D eigenvalue weighted by atomic mass is 16.6. The van der Waals surface area contributed by atoms with E-state index < -0.39 is 125 Å². The van der Waals surface area contributed by atoms with Gasteiger partial charge in [0.1, 0.15) is 30.0 Å². The number of carbonyl (C=O) groups is 7. The maximum atomic E-state index is 15.8. The van der Waals surface area contributed by atoms with E-state index in [0.29, 0.717) is 5.56 Å². The highest BCUT2D eigenvalue weighted by Gasteiger charge is 2.78. The van der Waals surface area contributed by atoms with Crippen LogP contribution in [0.5, 0.6) is 0 Å². The van der Waals surface area contributed by atoms with Gasteiger partial charge in [-0.2, -0.15) is 0 Å². The van der Waals surface area contributed by atoms with E-state index in [-0.39, 0.29) is 35.3 Å². The third-order valence-electron chi connectivity index (χ3n) is 14.1. The monoisotopic (exact) mass is 924 g/mol. The van der Waals surface area contributed by atoms with Gasteiger partial charge in [0.25, 0.3) is 5.91 Å². The SMILES string of the molecule is CO[C@H]1C[C@H]2OC[C@@]2(OC(C)=O)[C@H]2[C@@H](OC(=O)c3ccccc3)[C@]3(O)C[C@H](OC(=O)[C@H](OC(=O)CN)[C@@H](NC(=O)c4ccccc4)c4ccccc4)C(C)=C([C@@H](OC(C)=O)C(=O)[C@]12C)C3(C)C. The summed E-state index contributed by atoms with van der Waals surface area (Å²) in [5.74, 6) is -7.59. The lowest BCUT2D eigenvalue weighted by Crippen LogP contribution is -2.82. The minimum absolute atomic E-state index is 0.0149. The molecule has 1 aliphatic heterocycles. The highest BCUT2D eigenvalue weighted by Crippen LogP contribution is 2.65. The van der Waals surface area contributed by atoms with Gasteiger partial charge < -0.3 is 49.3 Å². The standard InChI is InChI=1S/C50H56N2O15/c1-27-33(64-46(59)40(65-36(55)25-51)38(30-17-11-8-12-18-30)52-44(57)31-19-13-9-14-20-31)24-50(60)43(66-45(58)32-21-15-10-16-22-32)41-48(6,42(56)39(63-28(2)53)37(27)47(50,4)5)34(61-7)23-35-49(41,26-62-35)67-29(3)54/h8-22,33-35,38-41,43,60H,23-26,51H2,1-7H3,(H,52,57)/t33-,34-,35+,38-,39+,40+,41-,43+,48+,49-,50+/m0/s1. The number of rotatable bonds is 13. The number of Topliss-reactive ketones (excluding diaryl/α,β-unsaturated/α-hetero) is 1. The van der Waals surface area contributed by atoms with Crippen LogP contribution in [0, 0.1) is 16.7 Å². The second-order valence-corrected chi connectivity index (χ2v) is 18.2. The number of nitrogens with two attached hydrogens (primary N) is 1. The molecule has 1 saturated heterocycles. The number of benzene rings is 3. The molecule has 0 spiro atoms. The number of ether oxygens (including phenoxy) is 7. The Morgan fingerprint density at radius 1 is 0.851 bits per heavy atom. The van der Waals surface area contributed by atoms with Crippen molar-refractivity contribution >= 4 is 41.5 Å². The molecule has 3 aromatic rings. The van der Waals surface area contributed by atoms with Crippen molar-refractivity contribution in [1.29, 1.82) is 0 Å². The zero-order valence-corrected chi connectivity index (χ0v) is 38.3. The Kier molecular flexibility index (Phi) is 13.6. The fourth-order valence-corrected chi connectivity index (χ4v) is 10.8. The topological polar surface area (TPSA) is 242 Å². The molecule has 4 aliphatic rings. The minimum Gasteiger partial charge on any atom is -0.455 e. The summed E-state index contributed by atoms with van der Waals surface area (Å²) in [6.07, 6.45) is -9.51. The summed E-state index contributed by atoms with van der Waals surface area (Å²) >= 11 is 0. The summed E-state index contributed by atoms with van der Waals surface area (Å²) in [6.45, 7) is 7.61. The van der Waals surface area contributed by atoms with E-state index in [4.69, 9.17) is 38.9 Å². The molecule has 17 heteroatoms. The number of esters is 5. The Hall–Kier alpha value is -6.27. The number of fused-ring (bicyclic) bond motifs is 5. The third-order valence-corrected chi connectivity index (χ3v) is 14.1. The van der Waals surface area contributed by atoms with Gasteiger partial charge in [0.05, 0.1) is 36.2 Å². The first-order valence-electron chi connectivity index (χ1n) is 22.0. The molecule has 4 N–H and O–H groups in total. The number of aliphatic hydroxyl groups is 1. The van der Waals surface area contributed by atoms with Crippen molar-refractivity contribution in [2.24, 2.45) is 22.5 Å². The molecule has 3 aliphatic carbocycles. The number of methoxy groups -OCH3 is 1. The van der Waals surface area contributed by atoms with Gasteiger partial charge in [0.2, 0.25) is 6.10 Å². The van der Waals surface area contributed by atoms with Gasteiger partial charge in [0, 0.05) is 44.8 Å². The van der Waals surface area contributed by atoms with Crippen LogP contribution in [0.1, 0.15) is 86.7 Å². The van der Waals surface area contributed by atoms with E-state index in [1.807, 2.05) is 0 Å². The van der Waals surface area contributed by atoms with Crippen molar-refractivity contribution in [2.75, 3.05) is 20.3 Å². The van der Waals surface area contributed by atoms with Crippen LogP contribution in [0.25, 0.3) is 0 Å². The summed E-state index contributed by atoms with van der Waals surface area (Å²) in [4.78, 5) is 98.5. The van der Waals surface area contributed by atoms with Gasteiger partial charge in [-0.3, -0.25) is 24.0 Å². The smallest absolute Gasteiger partial charge is 0.350 e. The van der Waals surface area contributed by atoms with E-state index >= 15 is 4.79 Å². The van der Waals surface area contributed by atoms with Crippen molar-refractivity contribution in [3.05, 3.63) is 119 Å². The van der Waals surface area contributed by atoms with Gasteiger partial charge in [0.15, 0.2) is 17.5 Å². The van der Waals surface area contributed by atoms with Crippen molar-refractivity contribution in [3.8, 4) is 0 Å². The van der Waals surface area contributed by atoms with Crippen molar-refractivity contribution in [3.63, 3.8) is 0 Å². The van der Waals surface area contributed by atoms with Crippen LogP contribution >= 0.6 is 0 Å². The Bertz CT molecular complexity index is 2440. The normalized spacial score (nSPS) is 30.3. The molecule has 0 radical (unpaired) electrons. The van der Waals surface area contributed by atoms with Gasteiger partial charge in [-0.15, -0.1) is 0 Å². The molecule has 2 bridgehead atoms. The minimum atomic E-state index is -2.39. The Morgan fingerprint density at radius 3 is 1.99 bits per heavy atom. The molecule has 1 amide bonds. The molecule has 0 unspecified atom stereocenters. The average molecular weight is 925 g/mol. The van der Waals surface area contributed by atoms with Crippen LogP contribution in [0.2, 0.25) is 0 Å². The van der Waals surface area contributed by atoms with Gasteiger partial charge in [-0.1, -0.05) is 80.6 Å². The largest absolute Gasteiger partial charge is 0.455 e. The van der Waals surface area contributed by atoms with E-state index in [2.05, 4.69) is 5.32 Å². The third kappa shape index (κ3) is 8.53. The summed E-state index contributed by atoms with van der Waals surface area (Å²) in [7, 11) is 1.38. The fourth-order valence-electron chi connectivity index (χ4n) is 10.8. The van der Waals surface area contributed by atoms with E-state index in [9.17, 15) is 33.9 Å². The number of nitrogens with one attached hydrogen (secondary N) is 1. The maximum absolute atomic E-state index is 15.8. The number of hydrogen-bond acceptors (Lipinski definition) is 16. The molecule has 67 heavy (non-hydrogen) atoms. The molecular formula is C50H56N2O15. The molecule has 17 nitrogen and oxygen atoms in total. The quantitative estimate of drug-likeness (QED) is 0.125. The molecule has 356 valence electrons.